The van der Waals surface area contributed by atoms with E-state index in [9.17, 15) is 4.79 Å². The van der Waals surface area contributed by atoms with Crippen LogP contribution in [0.3, 0.4) is 0 Å². The normalized spacial score (nSPS) is 10.3. The Labute approximate surface area is 124 Å². The Morgan fingerprint density at radius 3 is 2.85 bits per heavy atom. The minimum absolute atomic E-state index is 0.0493. The second-order valence-electron chi connectivity index (χ2n) is 4.16. The van der Waals surface area contributed by atoms with Gasteiger partial charge in [0.05, 0.1) is 19.6 Å². The van der Waals surface area contributed by atoms with E-state index in [-0.39, 0.29) is 5.91 Å². The molecule has 0 spiro atoms. The number of hydrogen-bond acceptors (Lipinski definition) is 4. The SMILES string of the molecule is CNC(=O)CCOc1cccc(Cl)c1CNCCOC. The summed E-state index contributed by atoms with van der Waals surface area (Å²) in [5.74, 6) is 0.651. The van der Waals surface area contributed by atoms with Crippen LogP contribution in [0.2, 0.25) is 5.02 Å². The van der Waals surface area contributed by atoms with Gasteiger partial charge in [-0.2, -0.15) is 0 Å². The molecule has 5 nitrogen and oxygen atoms in total. The Bertz CT molecular complexity index is 427. The van der Waals surface area contributed by atoms with E-state index in [2.05, 4.69) is 10.6 Å². The summed E-state index contributed by atoms with van der Waals surface area (Å²) in [6, 6.07) is 5.50. The quantitative estimate of drug-likeness (QED) is 0.680. The molecule has 6 heteroatoms. The fourth-order valence-electron chi connectivity index (χ4n) is 1.61. The highest BCUT2D eigenvalue weighted by Gasteiger charge is 2.08. The monoisotopic (exact) mass is 300 g/mol. The van der Waals surface area contributed by atoms with Crippen LogP contribution >= 0.6 is 11.6 Å². The summed E-state index contributed by atoms with van der Waals surface area (Å²) in [4.78, 5) is 11.2. The lowest BCUT2D eigenvalue weighted by Gasteiger charge is -2.13. The van der Waals surface area contributed by atoms with E-state index < -0.39 is 0 Å². The molecular weight excluding hydrogens is 280 g/mol. The Balaban J connectivity index is 2.55. The minimum Gasteiger partial charge on any atom is -0.493 e. The first kappa shape index (κ1) is 16.8. The largest absolute Gasteiger partial charge is 0.493 e. The molecule has 1 aromatic carbocycles. The molecule has 0 saturated carbocycles. The standard InChI is InChI=1S/C14H21ClN2O3/c1-16-14(18)6-8-20-13-5-3-4-12(15)11(13)10-17-7-9-19-2/h3-5,17H,6-10H2,1-2H3,(H,16,18). The van der Waals surface area contributed by atoms with Gasteiger partial charge in [0.15, 0.2) is 0 Å². The van der Waals surface area contributed by atoms with Gasteiger partial charge < -0.3 is 20.1 Å². The van der Waals surface area contributed by atoms with Crippen LogP contribution in [0.1, 0.15) is 12.0 Å². The van der Waals surface area contributed by atoms with Crippen molar-refractivity contribution in [2.45, 2.75) is 13.0 Å². The molecule has 0 atom stereocenters. The van der Waals surface area contributed by atoms with E-state index in [0.29, 0.717) is 37.0 Å². The third kappa shape index (κ3) is 5.77. The molecule has 1 aromatic rings. The van der Waals surface area contributed by atoms with Gasteiger partial charge in [0.2, 0.25) is 5.91 Å². The van der Waals surface area contributed by atoms with Crippen molar-refractivity contribution in [3.05, 3.63) is 28.8 Å². The van der Waals surface area contributed by atoms with Crippen LogP contribution in [0.15, 0.2) is 18.2 Å². The van der Waals surface area contributed by atoms with Gasteiger partial charge in [-0.05, 0) is 12.1 Å². The molecule has 0 unspecified atom stereocenters. The predicted octanol–water partition coefficient (Wildman–Crippen LogP) is 1.59. The number of rotatable bonds is 9. The molecule has 1 rings (SSSR count). The number of hydrogen-bond donors (Lipinski definition) is 2. The molecule has 0 aromatic heterocycles. The predicted molar refractivity (Wildman–Crippen MR) is 79.2 cm³/mol. The number of benzene rings is 1. The van der Waals surface area contributed by atoms with Crippen molar-refractivity contribution < 1.29 is 14.3 Å². The van der Waals surface area contributed by atoms with Crippen LogP contribution < -0.4 is 15.4 Å². The number of halogens is 1. The van der Waals surface area contributed by atoms with Gasteiger partial charge in [-0.25, -0.2) is 0 Å². The zero-order valence-electron chi connectivity index (χ0n) is 11.9. The third-order valence-electron chi connectivity index (χ3n) is 2.73. The Morgan fingerprint density at radius 2 is 2.15 bits per heavy atom. The van der Waals surface area contributed by atoms with E-state index in [1.54, 1.807) is 14.2 Å². The summed E-state index contributed by atoms with van der Waals surface area (Å²) < 4.78 is 10.6. The summed E-state index contributed by atoms with van der Waals surface area (Å²) in [6.07, 6.45) is 0.319. The first-order valence-corrected chi connectivity index (χ1v) is 6.87. The zero-order valence-corrected chi connectivity index (χ0v) is 12.6. The molecule has 2 N–H and O–H groups in total. The molecular formula is C14H21ClN2O3. The van der Waals surface area contributed by atoms with Gasteiger partial charge in [-0.3, -0.25) is 4.79 Å². The van der Waals surface area contributed by atoms with E-state index in [0.717, 1.165) is 12.1 Å². The summed E-state index contributed by atoms with van der Waals surface area (Å²) in [6.45, 7) is 2.29. The van der Waals surface area contributed by atoms with Crippen molar-refractivity contribution in [2.75, 3.05) is 33.9 Å². The minimum atomic E-state index is -0.0493. The van der Waals surface area contributed by atoms with Crippen LogP contribution in [0.4, 0.5) is 0 Å². The second-order valence-corrected chi connectivity index (χ2v) is 4.56. The third-order valence-corrected chi connectivity index (χ3v) is 3.08. The van der Waals surface area contributed by atoms with Crippen molar-refractivity contribution in [1.29, 1.82) is 0 Å². The lowest BCUT2D eigenvalue weighted by Crippen LogP contribution is -2.21. The number of methoxy groups -OCH3 is 1. The Morgan fingerprint density at radius 1 is 1.35 bits per heavy atom. The maximum absolute atomic E-state index is 11.2. The fourth-order valence-corrected chi connectivity index (χ4v) is 1.84. The number of nitrogens with one attached hydrogen (secondary N) is 2. The van der Waals surface area contributed by atoms with Gasteiger partial charge in [-0.15, -0.1) is 0 Å². The highest BCUT2D eigenvalue weighted by Crippen LogP contribution is 2.26. The smallest absolute Gasteiger partial charge is 0.223 e. The molecule has 0 bridgehead atoms. The maximum Gasteiger partial charge on any atom is 0.223 e. The van der Waals surface area contributed by atoms with E-state index in [4.69, 9.17) is 21.1 Å². The molecule has 1 amide bonds. The van der Waals surface area contributed by atoms with Gasteiger partial charge in [0.25, 0.3) is 0 Å². The number of amides is 1. The van der Waals surface area contributed by atoms with Crippen molar-refractivity contribution in [2.24, 2.45) is 0 Å². The summed E-state index contributed by atoms with van der Waals surface area (Å²) in [7, 11) is 3.26. The molecule has 0 radical (unpaired) electrons. The summed E-state index contributed by atoms with van der Waals surface area (Å²) in [5.41, 5.74) is 0.891. The van der Waals surface area contributed by atoms with Crippen LogP contribution in [-0.4, -0.2) is 39.8 Å². The molecule has 0 fully saturated rings. The van der Waals surface area contributed by atoms with Gasteiger partial charge >= 0.3 is 0 Å². The van der Waals surface area contributed by atoms with E-state index in [1.807, 2.05) is 18.2 Å². The molecule has 0 aliphatic heterocycles. The molecule has 0 aliphatic carbocycles. The van der Waals surface area contributed by atoms with E-state index >= 15 is 0 Å². The van der Waals surface area contributed by atoms with Crippen LogP contribution in [0, 0.1) is 0 Å². The summed E-state index contributed by atoms with van der Waals surface area (Å²) in [5, 5.41) is 6.43. The Kier molecular flexibility index (Phi) is 8.02. The van der Waals surface area contributed by atoms with Crippen molar-refractivity contribution in [3.8, 4) is 5.75 Å². The topological polar surface area (TPSA) is 59.6 Å². The summed E-state index contributed by atoms with van der Waals surface area (Å²) >= 11 is 6.18. The van der Waals surface area contributed by atoms with E-state index in [1.165, 1.54) is 0 Å². The average molecular weight is 301 g/mol. The molecule has 20 heavy (non-hydrogen) atoms. The van der Waals surface area contributed by atoms with Crippen molar-refractivity contribution in [1.82, 2.24) is 10.6 Å². The number of carbonyl (C=O) groups excluding carboxylic acids is 1. The van der Waals surface area contributed by atoms with Crippen molar-refractivity contribution >= 4 is 17.5 Å². The van der Waals surface area contributed by atoms with Crippen molar-refractivity contribution in [3.63, 3.8) is 0 Å². The van der Waals surface area contributed by atoms with Crippen LogP contribution in [0.25, 0.3) is 0 Å². The average Bonchev–Trinajstić information content (AvgIpc) is 2.45. The number of carbonyl (C=O) groups is 1. The van der Waals surface area contributed by atoms with Gasteiger partial charge in [-0.1, -0.05) is 17.7 Å². The second kappa shape index (κ2) is 9.58. The molecule has 0 heterocycles. The maximum atomic E-state index is 11.2. The lowest BCUT2D eigenvalue weighted by atomic mass is 10.2. The first-order valence-electron chi connectivity index (χ1n) is 6.49. The van der Waals surface area contributed by atoms with Gasteiger partial charge in [0.1, 0.15) is 5.75 Å². The van der Waals surface area contributed by atoms with Crippen LogP contribution in [-0.2, 0) is 16.1 Å². The zero-order chi connectivity index (χ0) is 14.8. The first-order chi connectivity index (χ1) is 9.69. The Hall–Kier alpha value is -1.30. The highest BCUT2D eigenvalue weighted by atomic mass is 35.5. The molecule has 0 aliphatic rings. The number of ether oxygens (including phenoxy) is 2. The lowest BCUT2D eigenvalue weighted by molar-refractivity contribution is -0.121. The molecule has 112 valence electrons. The van der Waals surface area contributed by atoms with Gasteiger partial charge in [0, 0.05) is 37.8 Å². The molecule has 0 saturated heterocycles. The van der Waals surface area contributed by atoms with Crippen LogP contribution in [0.5, 0.6) is 5.75 Å². The highest BCUT2D eigenvalue weighted by molar-refractivity contribution is 6.31. The fraction of sp³-hybridized carbons (Fsp3) is 0.500.